The zero-order valence-corrected chi connectivity index (χ0v) is 21.2. The second-order valence-corrected chi connectivity index (χ2v) is 10.4. The molecular weight excluding hydrogens is 432 g/mol. The molecule has 0 spiro atoms. The van der Waals surface area contributed by atoms with Crippen molar-refractivity contribution in [3.8, 4) is 17.2 Å². The normalized spacial score (nSPS) is 17.2. The first kappa shape index (κ1) is 23.6. The van der Waals surface area contributed by atoms with Crippen LogP contribution in [0, 0.1) is 38.0 Å². The predicted octanol–water partition coefficient (Wildman–Crippen LogP) is 6.74. The highest BCUT2D eigenvalue weighted by Gasteiger charge is 2.44. The summed E-state index contributed by atoms with van der Waals surface area (Å²) in [5, 5.41) is 17.3. The van der Waals surface area contributed by atoms with E-state index in [9.17, 15) is 5.26 Å². The molecule has 3 aromatic rings. The Morgan fingerprint density at radius 1 is 1.09 bits per heavy atom. The lowest BCUT2D eigenvalue weighted by Crippen LogP contribution is -2.28. The summed E-state index contributed by atoms with van der Waals surface area (Å²) in [7, 11) is 0. The Balaban J connectivity index is 1.46. The van der Waals surface area contributed by atoms with Crippen molar-refractivity contribution < 1.29 is 4.52 Å². The molecular formula is C30H36N4O. The minimum absolute atomic E-state index is 0.252. The van der Waals surface area contributed by atoms with Gasteiger partial charge >= 0.3 is 0 Å². The minimum Gasteiger partial charge on any atom is -0.361 e. The predicted molar refractivity (Wildman–Crippen MR) is 141 cm³/mol. The molecule has 2 fully saturated rings. The molecule has 1 N–H and O–H groups in total. The molecule has 0 radical (unpaired) electrons. The van der Waals surface area contributed by atoms with Crippen molar-refractivity contribution in [1.82, 2.24) is 10.5 Å². The van der Waals surface area contributed by atoms with Crippen LogP contribution in [0.3, 0.4) is 0 Å². The van der Waals surface area contributed by atoms with Gasteiger partial charge in [0.2, 0.25) is 0 Å². The Labute approximate surface area is 209 Å². The SMILES string of the molecule is Cc1ccc(-c2c(C)noc2C)cc1N(CCCC1CCNCC1)c1ccc(C2(C#N)CC2)cc1. The van der Waals surface area contributed by atoms with Crippen molar-refractivity contribution in [3.05, 3.63) is 65.0 Å². The molecule has 1 saturated carbocycles. The lowest BCUT2D eigenvalue weighted by molar-refractivity contribution is 0.348. The van der Waals surface area contributed by atoms with Crippen LogP contribution in [0.1, 0.15) is 61.1 Å². The Bertz CT molecular complexity index is 1190. The third kappa shape index (κ3) is 4.86. The second kappa shape index (κ2) is 9.87. The monoisotopic (exact) mass is 468 g/mol. The third-order valence-electron chi connectivity index (χ3n) is 7.97. The standard InChI is InChI=1S/C30H36N4O/c1-21-6-7-25(29-22(2)33-35-23(29)3)19-28(21)34(18-4-5-24-12-16-32-17-13-24)27-10-8-26(9-11-27)30(20-31)14-15-30/h6-11,19,24,32H,4-5,12-18H2,1-3H3. The van der Waals surface area contributed by atoms with Crippen molar-refractivity contribution in [3.63, 3.8) is 0 Å². The van der Waals surface area contributed by atoms with Crippen molar-refractivity contribution in [2.75, 3.05) is 24.5 Å². The van der Waals surface area contributed by atoms with E-state index in [0.717, 1.165) is 73.0 Å². The number of nitrogens with zero attached hydrogens (tertiary/aromatic N) is 3. The maximum atomic E-state index is 9.63. The van der Waals surface area contributed by atoms with E-state index >= 15 is 0 Å². The summed E-state index contributed by atoms with van der Waals surface area (Å²) in [6.45, 7) is 9.44. The Morgan fingerprint density at radius 2 is 1.83 bits per heavy atom. The topological polar surface area (TPSA) is 65.1 Å². The van der Waals surface area contributed by atoms with Gasteiger partial charge in [0.25, 0.3) is 0 Å². The van der Waals surface area contributed by atoms with Crippen molar-refractivity contribution >= 4 is 11.4 Å². The summed E-state index contributed by atoms with van der Waals surface area (Å²) in [5.74, 6) is 1.67. The van der Waals surface area contributed by atoms with Gasteiger partial charge in [-0.15, -0.1) is 0 Å². The van der Waals surface area contributed by atoms with Gasteiger partial charge in [0.1, 0.15) is 5.76 Å². The van der Waals surface area contributed by atoms with E-state index in [2.05, 4.69) is 70.8 Å². The van der Waals surface area contributed by atoms with E-state index < -0.39 is 0 Å². The van der Waals surface area contributed by atoms with Gasteiger partial charge in [-0.25, -0.2) is 0 Å². The van der Waals surface area contributed by atoms with Crippen LogP contribution in [0.5, 0.6) is 0 Å². The number of hydrogen-bond donors (Lipinski definition) is 1. The van der Waals surface area contributed by atoms with Gasteiger partial charge in [0, 0.05) is 23.5 Å². The van der Waals surface area contributed by atoms with E-state index in [4.69, 9.17) is 4.52 Å². The minimum atomic E-state index is -0.252. The number of nitriles is 1. The Morgan fingerprint density at radius 3 is 2.46 bits per heavy atom. The van der Waals surface area contributed by atoms with Crippen LogP contribution >= 0.6 is 0 Å². The van der Waals surface area contributed by atoms with Crippen molar-refractivity contribution in [2.45, 2.75) is 64.7 Å². The molecule has 2 aromatic carbocycles. The molecule has 35 heavy (non-hydrogen) atoms. The number of aromatic nitrogens is 1. The largest absolute Gasteiger partial charge is 0.361 e. The zero-order chi connectivity index (χ0) is 24.4. The quantitative estimate of drug-likeness (QED) is 0.397. The lowest BCUT2D eigenvalue weighted by atomic mass is 9.93. The molecule has 1 aliphatic carbocycles. The van der Waals surface area contributed by atoms with E-state index in [0.29, 0.717) is 0 Å². The Kier molecular flexibility index (Phi) is 6.67. The number of piperidine rings is 1. The number of rotatable bonds is 8. The van der Waals surface area contributed by atoms with Crippen LogP contribution < -0.4 is 10.2 Å². The van der Waals surface area contributed by atoms with Crippen LogP contribution in [0.15, 0.2) is 47.0 Å². The lowest BCUT2D eigenvalue weighted by Gasteiger charge is -2.29. The smallest absolute Gasteiger partial charge is 0.141 e. The Hall–Kier alpha value is -3.10. The fourth-order valence-electron chi connectivity index (χ4n) is 5.60. The molecule has 2 aliphatic rings. The summed E-state index contributed by atoms with van der Waals surface area (Å²) in [4.78, 5) is 2.47. The average Bonchev–Trinajstić information content (AvgIpc) is 3.62. The second-order valence-electron chi connectivity index (χ2n) is 10.4. The highest BCUT2D eigenvalue weighted by Crippen LogP contribution is 2.48. The summed E-state index contributed by atoms with van der Waals surface area (Å²) in [5.41, 5.74) is 7.71. The third-order valence-corrected chi connectivity index (χ3v) is 7.97. The summed E-state index contributed by atoms with van der Waals surface area (Å²) >= 11 is 0. The highest BCUT2D eigenvalue weighted by molar-refractivity contribution is 5.76. The van der Waals surface area contributed by atoms with Gasteiger partial charge in [-0.05, 0) is 113 Å². The molecule has 5 heteroatoms. The maximum Gasteiger partial charge on any atom is 0.141 e. The number of hydrogen-bond acceptors (Lipinski definition) is 5. The summed E-state index contributed by atoms with van der Waals surface area (Å²) in [6.07, 6.45) is 6.93. The van der Waals surface area contributed by atoms with E-state index in [-0.39, 0.29) is 5.41 Å². The number of benzene rings is 2. The van der Waals surface area contributed by atoms with E-state index in [1.165, 1.54) is 36.2 Å². The van der Waals surface area contributed by atoms with Crippen LogP contribution in [-0.4, -0.2) is 24.8 Å². The molecule has 5 nitrogen and oxygen atoms in total. The van der Waals surface area contributed by atoms with Crippen LogP contribution in [0.25, 0.3) is 11.1 Å². The first-order valence-electron chi connectivity index (χ1n) is 13.0. The molecule has 0 amide bonds. The summed E-state index contributed by atoms with van der Waals surface area (Å²) < 4.78 is 5.46. The molecule has 0 bridgehead atoms. The van der Waals surface area contributed by atoms with Gasteiger partial charge in [-0.2, -0.15) is 5.26 Å². The van der Waals surface area contributed by atoms with Gasteiger partial charge in [0.05, 0.1) is 17.2 Å². The first-order valence-corrected chi connectivity index (χ1v) is 13.0. The van der Waals surface area contributed by atoms with Crippen molar-refractivity contribution in [1.29, 1.82) is 5.26 Å². The van der Waals surface area contributed by atoms with Gasteiger partial charge in [-0.1, -0.05) is 29.4 Å². The maximum absolute atomic E-state index is 9.63. The fourth-order valence-corrected chi connectivity index (χ4v) is 5.60. The molecule has 2 heterocycles. The summed E-state index contributed by atoms with van der Waals surface area (Å²) in [6, 6.07) is 17.9. The van der Waals surface area contributed by atoms with Crippen LogP contribution in [0.4, 0.5) is 11.4 Å². The van der Waals surface area contributed by atoms with E-state index in [1.54, 1.807) is 0 Å². The average molecular weight is 469 g/mol. The van der Waals surface area contributed by atoms with Gasteiger partial charge in [0.15, 0.2) is 0 Å². The molecule has 1 aliphatic heterocycles. The van der Waals surface area contributed by atoms with Crippen LogP contribution in [0.2, 0.25) is 0 Å². The van der Waals surface area contributed by atoms with Crippen LogP contribution in [-0.2, 0) is 5.41 Å². The number of aryl methyl sites for hydroxylation is 3. The highest BCUT2D eigenvalue weighted by atomic mass is 16.5. The number of anilines is 2. The molecule has 1 saturated heterocycles. The van der Waals surface area contributed by atoms with Crippen molar-refractivity contribution in [2.24, 2.45) is 5.92 Å². The number of nitrogens with one attached hydrogen (secondary N) is 1. The molecule has 0 atom stereocenters. The molecule has 5 rings (SSSR count). The zero-order valence-electron chi connectivity index (χ0n) is 21.2. The molecule has 182 valence electrons. The molecule has 1 aromatic heterocycles. The van der Waals surface area contributed by atoms with E-state index in [1.807, 2.05) is 13.8 Å². The van der Waals surface area contributed by atoms with Gasteiger partial charge < -0.3 is 14.7 Å². The van der Waals surface area contributed by atoms with Gasteiger partial charge in [-0.3, -0.25) is 0 Å². The first-order chi connectivity index (χ1) is 17.0. The molecule has 0 unspecified atom stereocenters. The fraction of sp³-hybridized carbons (Fsp3) is 0.467.